The number of hydrogen-bond donors (Lipinski definition) is 1. The molecule has 7 heteroatoms. The fourth-order valence-corrected chi connectivity index (χ4v) is 4.44. The summed E-state index contributed by atoms with van der Waals surface area (Å²) in [4.78, 5) is 21.8. The Hall–Kier alpha value is -2.25. The lowest BCUT2D eigenvalue weighted by Gasteiger charge is -2.42. The molecular formula is C22H31N5O2. The Labute approximate surface area is 172 Å². The van der Waals surface area contributed by atoms with E-state index in [0.29, 0.717) is 18.3 Å². The third kappa shape index (κ3) is 4.51. The van der Waals surface area contributed by atoms with Gasteiger partial charge >= 0.3 is 0 Å². The minimum Gasteiger partial charge on any atom is -0.340 e. The van der Waals surface area contributed by atoms with Gasteiger partial charge in [-0.1, -0.05) is 47.8 Å². The van der Waals surface area contributed by atoms with Crippen molar-refractivity contribution in [3.63, 3.8) is 0 Å². The zero-order chi connectivity index (χ0) is 20.4. The number of piperazine rings is 1. The normalized spacial score (nSPS) is 25.9. The van der Waals surface area contributed by atoms with Gasteiger partial charge in [-0.25, -0.2) is 0 Å². The number of nitrogens with two attached hydrogens (primary N) is 1. The van der Waals surface area contributed by atoms with E-state index < -0.39 is 0 Å². The van der Waals surface area contributed by atoms with Crippen LogP contribution in [0.5, 0.6) is 0 Å². The van der Waals surface area contributed by atoms with Crippen molar-refractivity contribution in [2.45, 2.75) is 51.6 Å². The summed E-state index contributed by atoms with van der Waals surface area (Å²) in [5, 5.41) is 4.11. The number of carbonyl (C=O) groups excluding carboxylic acids is 1. The van der Waals surface area contributed by atoms with E-state index in [1.807, 2.05) is 36.1 Å². The number of carbonyl (C=O) groups is 1. The Morgan fingerprint density at radius 2 is 1.93 bits per heavy atom. The van der Waals surface area contributed by atoms with Crippen LogP contribution in [0.4, 0.5) is 0 Å². The van der Waals surface area contributed by atoms with E-state index in [2.05, 4.69) is 22.0 Å². The van der Waals surface area contributed by atoms with Crippen LogP contribution in [0.25, 0.3) is 11.4 Å². The Bertz CT molecular complexity index is 837. The van der Waals surface area contributed by atoms with Gasteiger partial charge in [0, 0.05) is 37.3 Å². The number of benzene rings is 1. The number of hydrogen-bond acceptors (Lipinski definition) is 6. The second kappa shape index (κ2) is 8.24. The van der Waals surface area contributed by atoms with E-state index in [4.69, 9.17) is 10.3 Å². The van der Waals surface area contributed by atoms with Gasteiger partial charge < -0.3 is 15.2 Å². The average molecular weight is 398 g/mol. The maximum Gasteiger partial charge on any atom is 0.241 e. The molecule has 1 amide bonds. The molecule has 1 saturated heterocycles. The smallest absolute Gasteiger partial charge is 0.241 e. The molecule has 1 aromatic carbocycles. The summed E-state index contributed by atoms with van der Waals surface area (Å²) < 4.78 is 5.45. The molecule has 2 atom stereocenters. The van der Waals surface area contributed by atoms with Crippen molar-refractivity contribution in [2.24, 2.45) is 11.7 Å². The molecule has 1 aliphatic carbocycles. The fourth-order valence-electron chi connectivity index (χ4n) is 4.44. The van der Waals surface area contributed by atoms with Crippen molar-refractivity contribution in [1.82, 2.24) is 19.9 Å². The maximum atomic E-state index is 13.0. The quantitative estimate of drug-likeness (QED) is 0.853. The molecule has 7 nitrogen and oxygen atoms in total. The third-order valence-corrected chi connectivity index (χ3v) is 6.37. The Kier molecular flexibility index (Phi) is 5.69. The minimum absolute atomic E-state index is 0.0455. The highest BCUT2D eigenvalue weighted by molar-refractivity contribution is 5.80. The van der Waals surface area contributed by atoms with Crippen LogP contribution in [0.2, 0.25) is 0 Å². The maximum absolute atomic E-state index is 13.0. The van der Waals surface area contributed by atoms with Crippen LogP contribution in [0.1, 0.15) is 44.1 Å². The van der Waals surface area contributed by atoms with E-state index in [0.717, 1.165) is 57.4 Å². The molecule has 2 aliphatic rings. The van der Waals surface area contributed by atoms with Gasteiger partial charge in [0.25, 0.3) is 0 Å². The van der Waals surface area contributed by atoms with Gasteiger partial charge in [-0.15, -0.1) is 0 Å². The number of nitrogens with zero attached hydrogens (tertiary/aromatic N) is 4. The van der Waals surface area contributed by atoms with Gasteiger partial charge in [0.05, 0.1) is 12.5 Å². The van der Waals surface area contributed by atoms with Crippen LogP contribution in [0, 0.1) is 12.8 Å². The van der Waals surface area contributed by atoms with E-state index in [9.17, 15) is 4.79 Å². The van der Waals surface area contributed by atoms with Crippen molar-refractivity contribution in [2.75, 3.05) is 26.2 Å². The predicted molar refractivity (Wildman–Crippen MR) is 111 cm³/mol. The third-order valence-electron chi connectivity index (χ3n) is 6.37. The second-order valence-electron chi connectivity index (χ2n) is 8.78. The van der Waals surface area contributed by atoms with Crippen molar-refractivity contribution in [1.29, 1.82) is 0 Å². The molecule has 2 unspecified atom stereocenters. The Balaban J connectivity index is 1.31. The lowest BCUT2D eigenvalue weighted by molar-refractivity contribution is -0.140. The molecule has 2 heterocycles. The first-order valence-corrected chi connectivity index (χ1v) is 10.6. The molecule has 2 aromatic rings. The topological polar surface area (TPSA) is 88.5 Å². The first-order valence-electron chi connectivity index (χ1n) is 10.6. The van der Waals surface area contributed by atoms with E-state index >= 15 is 0 Å². The monoisotopic (exact) mass is 397 g/mol. The van der Waals surface area contributed by atoms with E-state index in [-0.39, 0.29) is 17.4 Å². The molecule has 1 saturated carbocycles. The largest absolute Gasteiger partial charge is 0.340 e. The van der Waals surface area contributed by atoms with Crippen molar-refractivity contribution in [3.8, 4) is 11.4 Å². The number of aromatic nitrogens is 2. The first-order chi connectivity index (χ1) is 13.9. The molecule has 1 aliphatic heterocycles. The molecular weight excluding hydrogens is 366 g/mol. The number of aryl methyl sites for hydroxylation is 1. The van der Waals surface area contributed by atoms with Crippen LogP contribution in [-0.2, 0) is 11.3 Å². The summed E-state index contributed by atoms with van der Waals surface area (Å²) in [6.07, 6.45) is 4.07. The highest BCUT2D eigenvalue weighted by Crippen LogP contribution is 2.33. The number of amides is 1. The standard InChI is InChI=1S/C22H31N5O2/c1-16-6-8-17(9-7-16)20-24-19(29-25-20)15-26-11-13-27(14-12-26)21(28)18-5-3-4-10-22(18,2)23/h6-9,18H,3-5,10-15,23H2,1-2H3. The van der Waals surface area contributed by atoms with Crippen LogP contribution in [0.15, 0.2) is 28.8 Å². The molecule has 156 valence electrons. The SMILES string of the molecule is Cc1ccc(-c2noc(CN3CCN(C(=O)C4CCCCC4(C)N)CC3)n2)cc1. The minimum atomic E-state index is -0.372. The van der Waals surface area contributed by atoms with Gasteiger partial charge in [-0.2, -0.15) is 4.98 Å². The molecule has 0 spiro atoms. The first kappa shape index (κ1) is 20.0. The Morgan fingerprint density at radius 3 is 2.62 bits per heavy atom. The van der Waals surface area contributed by atoms with Crippen molar-refractivity contribution < 1.29 is 9.32 Å². The van der Waals surface area contributed by atoms with E-state index in [1.165, 1.54) is 5.56 Å². The summed E-state index contributed by atoms with van der Waals surface area (Å²) in [6, 6.07) is 8.09. The van der Waals surface area contributed by atoms with Gasteiger partial charge in [-0.3, -0.25) is 9.69 Å². The highest BCUT2D eigenvalue weighted by atomic mass is 16.5. The summed E-state index contributed by atoms with van der Waals surface area (Å²) in [7, 11) is 0. The summed E-state index contributed by atoms with van der Waals surface area (Å²) in [5.74, 6) is 1.42. The fraction of sp³-hybridized carbons (Fsp3) is 0.591. The summed E-state index contributed by atoms with van der Waals surface area (Å²) in [5.41, 5.74) is 8.22. The van der Waals surface area contributed by atoms with Crippen molar-refractivity contribution >= 4 is 5.91 Å². The zero-order valence-electron chi connectivity index (χ0n) is 17.4. The lowest BCUT2D eigenvalue weighted by atomic mass is 9.74. The molecule has 1 aromatic heterocycles. The predicted octanol–water partition coefficient (Wildman–Crippen LogP) is 2.60. The lowest BCUT2D eigenvalue weighted by Crippen LogP contribution is -2.57. The highest BCUT2D eigenvalue weighted by Gasteiger charge is 2.40. The average Bonchev–Trinajstić information content (AvgIpc) is 3.17. The Morgan fingerprint density at radius 1 is 1.21 bits per heavy atom. The van der Waals surface area contributed by atoms with Gasteiger partial charge in [0.2, 0.25) is 17.6 Å². The van der Waals surface area contributed by atoms with Crippen molar-refractivity contribution in [3.05, 3.63) is 35.7 Å². The van der Waals surface area contributed by atoms with Gasteiger partial charge in [0.15, 0.2) is 0 Å². The van der Waals surface area contributed by atoms with E-state index in [1.54, 1.807) is 0 Å². The molecule has 0 bridgehead atoms. The molecule has 2 N–H and O–H groups in total. The second-order valence-corrected chi connectivity index (χ2v) is 8.78. The van der Waals surface area contributed by atoms with Gasteiger partial charge in [0.1, 0.15) is 0 Å². The van der Waals surface area contributed by atoms with Crippen LogP contribution < -0.4 is 5.73 Å². The summed E-state index contributed by atoms with van der Waals surface area (Å²) >= 11 is 0. The molecule has 0 radical (unpaired) electrons. The van der Waals surface area contributed by atoms with Crippen LogP contribution in [0.3, 0.4) is 0 Å². The van der Waals surface area contributed by atoms with Crippen LogP contribution in [-0.4, -0.2) is 57.6 Å². The van der Waals surface area contributed by atoms with Crippen LogP contribution >= 0.6 is 0 Å². The molecule has 29 heavy (non-hydrogen) atoms. The number of rotatable bonds is 4. The molecule has 2 fully saturated rings. The molecule has 4 rings (SSSR count). The summed E-state index contributed by atoms with van der Waals surface area (Å²) in [6.45, 7) is 7.77. The van der Waals surface area contributed by atoms with Gasteiger partial charge in [-0.05, 0) is 26.7 Å². The zero-order valence-corrected chi connectivity index (χ0v) is 17.4.